The van der Waals surface area contributed by atoms with Crippen molar-refractivity contribution in [2.45, 2.75) is 19.3 Å². The predicted molar refractivity (Wildman–Crippen MR) is 206 cm³/mol. The number of hydrogen-bond acceptors (Lipinski definition) is 1. The minimum Gasteiger partial charge on any atom is -0.309 e. The topological polar surface area (TPSA) is 9.86 Å². The van der Waals surface area contributed by atoms with Crippen molar-refractivity contribution in [3.8, 4) is 22.5 Å². The minimum atomic E-state index is -0.0662. The van der Waals surface area contributed by atoms with Crippen LogP contribution in [0.3, 0.4) is 0 Å². The Bertz CT molecular complexity index is 2980. The molecule has 0 atom stereocenters. The summed E-state index contributed by atoms with van der Waals surface area (Å²) in [4.78, 5) is 0. The monoisotopic (exact) mass is 630 g/mol. The molecule has 0 saturated heterocycles. The highest BCUT2D eigenvalue weighted by molar-refractivity contribution is 7.26. The molecule has 3 heterocycles. The van der Waals surface area contributed by atoms with Crippen molar-refractivity contribution in [1.82, 2.24) is 9.13 Å². The van der Waals surface area contributed by atoms with Crippen molar-refractivity contribution in [2.24, 2.45) is 0 Å². The summed E-state index contributed by atoms with van der Waals surface area (Å²) in [6, 6.07) is 54.2. The summed E-state index contributed by atoms with van der Waals surface area (Å²) in [5.74, 6) is 0. The van der Waals surface area contributed by atoms with Gasteiger partial charge in [-0.2, -0.15) is 0 Å². The Kier molecular flexibility index (Phi) is 5.09. The van der Waals surface area contributed by atoms with Crippen molar-refractivity contribution in [3.05, 3.63) is 157 Å². The third-order valence-corrected chi connectivity index (χ3v) is 12.1. The lowest BCUT2D eigenvalue weighted by Crippen LogP contribution is -2.15. The Balaban J connectivity index is 1.27. The third-order valence-electron chi connectivity index (χ3n) is 10.9. The molecule has 1 aliphatic rings. The molecule has 226 valence electrons. The summed E-state index contributed by atoms with van der Waals surface area (Å²) in [7, 11) is 0. The second-order valence-electron chi connectivity index (χ2n) is 13.7. The molecule has 3 aromatic heterocycles. The van der Waals surface area contributed by atoms with Crippen molar-refractivity contribution in [3.63, 3.8) is 0 Å². The standard InChI is InChI=1S/C45H30N2S/c1-45(2)35-17-7-3-12-28(35)29-23-22-27(26-36(29)45)46-38-19-9-5-15-34(38)42-39(46)25-24-32-30-13-4-8-18-37(30)47(43(32)42)40-20-11-16-33-31-14-6-10-21-41(31)48-44(33)40/h3-26H,1-2H3. The van der Waals surface area contributed by atoms with Gasteiger partial charge in [-0.25, -0.2) is 0 Å². The molecular weight excluding hydrogens is 601 g/mol. The van der Waals surface area contributed by atoms with Crippen LogP contribution in [-0.2, 0) is 5.41 Å². The maximum Gasteiger partial charge on any atom is 0.0641 e. The summed E-state index contributed by atoms with van der Waals surface area (Å²) in [6.07, 6.45) is 0. The Morgan fingerprint density at radius 1 is 0.479 bits per heavy atom. The number of aromatic nitrogens is 2. The van der Waals surface area contributed by atoms with Crippen LogP contribution >= 0.6 is 11.3 Å². The Morgan fingerprint density at radius 3 is 2.04 bits per heavy atom. The van der Waals surface area contributed by atoms with E-state index in [1.54, 1.807) is 0 Å². The normalized spacial score (nSPS) is 13.8. The van der Waals surface area contributed by atoms with E-state index in [4.69, 9.17) is 0 Å². The summed E-state index contributed by atoms with van der Waals surface area (Å²) >= 11 is 1.89. The molecule has 0 fully saturated rings. The van der Waals surface area contributed by atoms with Gasteiger partial charge in [0.25, 0.3) is 0 Å². The molecular formula is C45H30N2S. The SMILES string of the molecule is CC1(C)c2ccccc2-c2ccc(-n3c4ccccc4c4c3ccc3c5ccccc5n(-c5cccc6c5sc5ccccc56)c34)cc21. The van der Waals surface area contributed by atoms with Crippen molar-refractivity contribution in [2.75, 3.05) is 0 Å². The van der Waals surface area contributed by atoms with E-state index in [0.717, 1.165) is 0 Å². The number of fused-ring (bicyclic) bond motifs is 13. The van der Waals surface area contributed by atoms with Crippen LogP contribution in [0.1, 0.15) is 25.0 Å². The number of hydrogen-bond donors (Lipinski definition) is 0. The maximum atomic E-state index is 2.55. The van der Waals surface area contributed by atoms with Crippen LogP contribution < -0.4 is 0 Å². The van der Waals surface area contributed by atoms with Crippen LogP contribution in [0.2, 0.25) is 0 Å². The van der Waals surface area contributed by atoms with Crippen LogP contribution in [0, 0.1) is 0 Å². The predicted octanol–water partition coefficient (Wildman–Crippen LogP) is 12.6. The molecule has 0 radical (unpaired) electrons. The number of rotatable bonds is 2. The number of nitrogens with zero attached hydrogens (tertiary/aromatic N) is 2. The fourth-order valence-electron chi connectivity index (χ4n) is 8.78. The lowest BCUT2D eigenvalue weighted by atomic mass is 9.82. The van der Waals surface area contributed by atoms with Gasteiger partial charge in [0.15, 0.2) is 0 Å². The maximum absolute atomic E-state index is 2.55. The van der Waals surface area contributed by atoms with E-state index in [1.807, 2.05) is 11.3 Å². The molecule has 2 nitrogen and oxygen atoms in total. The zero-order valence-corrected chi connectivity index (χ0v) is 27.5. The Hall–Kier alpha value is -5.64. The first-order valence-corrected chi connectivity index (χ1v) is 17.5. The smallest absolute Gasteiger partial charge is 0.0641 e. The van der Waals surface area contributed by atoms with Crippen molar-refractivity contribution < 1.29 is 0 Å². The van der Waals surface area contributed by atoms with E-state index < -0.39 is 0 Å². The first-order valence-electron chi connectivity index (χ1n) is 16.7. The molecule has 48 heavy (non-hydrogen) atoms. The van der Waals surface area contributed by atoms with Crippen LogP contribution in [0.5, 0.6) is 0 Å². The lowest BCUT2D eigenvalue weighted by molar-refractivity contribution is 0.660. The molecule has 0 unspecified atom stereocenters. The molecule has 7 aromatic carbocycles. The largest absolute Gasteiger partial charge is 0.309 e. The average Bonchev–Trinajstić information content (AvgIpc) is 3.84. The van der Waals surface area contributed by atoms with E-state index in [2.05, 4.69) is 169 Å². The van der Waals surface area contributed by atoms with Crippen LogP contribution in [0.25, 0.3) is 86.3 Å². The number of benzene rings is 7. The summed E-state index contributed by atoms with van der Waals surface area (Å²) in [5, 5.41) is 7.76. The van der Waals surface area contributed by atoms with Gasteiger partial charge in [-0.1, -0.05) is 117 Å². The second-order valence-corrected chi connectivity index (χ2v) is 14.8. The summed E-state index contributed by atoms with van der Waals surface area (Å²) in [6.45, 7) is 4.73. The Morgan fingerprint density at radius 2 is 1.17 bits per heavy atom. The molecule has 3 heteroatoms. The first-order chi connectivity index (χ1) is 23.6. The van der Waals surface area contributed by atoms with Crippen LogP contribution in [0.4, 0.5) is 0 Å². The minimum absolute atomic E-state index is 0.0662. The van der Waals surface area contributed by atoms with Gasteiger partial charge in [0, 0.05) is 48.1 Å². The van der Waals surface area contributed by atoms with Crippen LogP contribution in [-0.4, -0.2) is 9.13 Å². The highest BCUT2D eigenvalue weighted by Gasteiger charge is 2.35. The summed E-state index contributed by atoms with van der Waals surface area (Å²) < 4.78 is 7.68. The van der Waals surface area contributed by atoms with E-state index >= 15 is 0 Å². The first kappa shape index (κ1) is 26.4. The molecule has 1 aliphatic carbocycles. The fourth-order valence-corrected chi connectivity index (χ4v) is 9.98. The van der Waals surface area contributed by atoms with Gasteiger partial charge in [0.05, 0.1) is 32.5 Å². The van der Waals surface area contributed by atoms with Gasteiger partial charge in [-0.15, -0.1) is 11.3 Å². The van der Waals surface area contributed by atoms with Crippen LogP contribution in [0.15, 0.2) is 146 Å². The fraction of sp³-hybridized carbons (Fsp3) is 0.0667. The van der Waals surface area contributed by atoms with E-state index in [-0.39, 0.29) is 5.41 Å². The molecule has 0 N–H and O–H groups in total. The van der Waals surface area contributed by atoms with E-state index in [1.165, 1.54) is 97.4 Å². The molecule has 0 amide bonds. The number of para-hydroxylation sites is 2. The van der Waals surface area contributed by atoms with Crippen molar-refractivity contribution in [1.29, 1.82) is 0 Å². The zero-order chi connectivity index (χ0) is 31.7. The molecule has 0 saturated carbocycles. The molecule has 10 aromatic rings. The highest BCUT2D eigenvalue weighted by atomic mass is 32.1. The quantitative estimate of drug-likeness (QED) is 0.180. The van der Waals surface area contributed by atoms with Gasteiger partial charge in [0.1, 0.15) is 0 Å². The van der Waals surface area contributed by atoms with Gasteiger partial charge in [0.2, 0.25) is 0 Å². The van der Waals surface area contributed by atoms with Gasteiger partial charge in [-0.05, 0) is 64.7 Å². The highest BCUT2D eigenvalue weighted by Crippen LogP contribution is 2.50. The lowest BCUT2D eigenvalue weighted by Gasteiger charge is -2.22. The van der Waals surface area contributed by atoms with Gasteiger partial charge >= 0.3 is 0 Å². The number of thiophene rings is 1. The van der Waals surface area contributed by atoms with E-state index in [9.17, 15) is 0 Å². The average molecular weight is 631 g/mol. The second kappa shape index (κ2) is 9.25. The zero-order valence-electron chi connectivity index (χ0n) is 26.7. The van der Waals surface area contributed by atoms with Crippen molar-refractivity contribution >= 4 is 75.1 Å². The summed E-state index contributed by atoms with van der Waals surface area (Å²) in [5.41, 5.74) is 12.8. The molecule has 0 aliphatic heterocycles. The van der Waals surface area contributed by atoms with E-state index in [0.29, 0.717) is 0 Å². The molecule has 0 spiro atoms. The van der Waals surface area contributed by atoms with Gasteiger partial charge < -0.3 is 9.13 Å². The Labute approximate surface area is 281 Å². The van der Waals surface area contributed by atoms with Gasteiger partial charge in [-0.3, -0.25) is 0 Å². The third kappa shape index (κ3) is 3.27. The molecule has 11 rings (SSSR count). The molecule has 0 bridgehead atoms.